The van der Waals surface area contributed by atoms with E-state index in [4.69, 9.17) is 21.3 Å². The zero-order valence-electron chi connectivity index (χ0n) is 19.9. The van der Waals surface area contributed by atoms with E-state index >= 15 is 0 Å². The number of aromatic nitrogens is 3. The zero-order chi connectivity index (χ0) is 26.2. The molecule has 8 N–H and O–H groups in total. The minimum atomic E-state index is -1.29. The molecule has 3 rings (SSSR count). The maximum absolute atomic E-state index is 12.5. The molecule has 2 atom stereocenters. The first kappa shape index (κ1) is 26.4. The van der Waals surface area contributed by atoms with Gasteiger partial charge in [-0.15, -0.1) is 0 Å². The Morgan fingerprint density at radius 1 is 1.11 bits per heavy atom. The molecule has 0 aliphatic carbocycles. The summed E-state index contributed by atoms with van der Waals surface area (Å²) < 4.78 is 5.68. The topological polar surface area (TPSA) is 207 Å². The fourth-order valence-corrected chi connectivity index (χ4v) is 3.95. The summed E-state index contributed by atoms with van der Waals surface area (Å²) in [6, 6.07) is 5.54. The first-order chi connectivity index (χ1) is 17.2. The number of ether oxygens (including phenoxy) is 1. The first-order valence-electron chi connectivity index (χ1n) is 11.5. The lowest BCUT2D eigenvalue weighted by molar-refractivity contribution is -0.140. The smallest absolute Gasteiger partial charge is 0.326 e. The summed E-state index contributed by atoms with van der Waals surface area (Å²) in [5, 5.41) is 21.2. The number of nitrogens with zero attached hydrogens (tertiary/aromatic N) is 2. The minimum Gasteiger partial charge on any atom is -0.481 e. The predicted molar refractivity (Wildman–Crippen MR) is 132 cm³/mol. The number of aliphatic carboxylic acids is 2. The molecule has 12 nitrogen and oxygen atoms in total. The number of nitrogens with one attached hydrogen (secondary N) is 2. The number of hydrogen-bond donors (Lipinski definition) is 6. The largest absolute Gasteiger partial charge is 0.481 e. The Bertz CT molecular complexity index is 1230. The van der Waals surface area contributed by atoms with Gasteiger partial charge in [0.1, 0.15) is 17.5 Å². The van der Waals surface area contributed by atoms with Gasteiger partial charge in [0, 0.05) is 30.7 Å². The van der Waals surface area contributed by atoms with Crippen LogP contribution < -0.4 is 16.8 Å². The number of anilines is 2. The van der Waals surface area contributed by atoms with Crippen LogP contribution in [0.2, 0.25) is 0 Å². The zero-order valence-corrected chi connectivity index (χ0v) is 19.9. The number of benzene rings is 1. The fourth-order valence-electron chi connectivity index (χ4n) is 3.95. The van der Waals surface area contributed by atoms with Crippen molar-refractivity contribution in [3.8, 4) is 0 Å². The molecule has 36 heavy (non-hydrogen) atoms. The second kappa shape index (κ2) is 12.0. The molecule has 0 saturated heterocycles. The number of aryl methyl sites for hydroxylation is 1. The van der Waals surface area contributed by atoms with Gasteiger partial charge in [-0.25, -0.2) is 4.79 Å². The average molecular weight is 499 g/mol. The standard InChI is InChI=1S/C24H30N6O6/c1-2-36-12-16(8-7-15-11-27-21-19(15)20(25)29-24(26)30-21)13-3-5-14(6-4-13)22(33)28-17(23(34)35)9-10-18(31)32/h3-6,11,16-17H,2,7-10,12H2,1H3,(H,28,33)(H,31,32)(H,34,35)(H5,25,26,27,29,30)/t16?,17-/m0/s1. The van der Waals surface area contributed by atoms with Crippen LogP contribution in [0.1, 0.15) is 53.6 Å². The minimum absolute atomic E-state index is 0.0188. The molecule has 1 aromatic carbocycles. The van der Waals surface area contributed by atoms with Crippen LogP contribution in [0.5, 0.6) is 0 Å². The first-order valence-corrected chi connectivity index (χ1v) is 11.5. The van der Waals surface area contributed by atoms with Crippen LogP contribution in [0.4, 0.5) is 11.8 Å². The van der Waals surface area contributed by atoms with Crippen molar-refractivity contribution in [2.24, 2.45) is 0 Å². The van der Waals surface area contributed by atoms with Crippen molar-refractivity contribution in [3.63, 3.8) is 0 Å². The summed E-state index contributed by atoms with van der Waals surface area (Å²) in [5.41, 5.74) is 14.5. The number of nitrogen functional groups attached to an aromatic ring is 2. The van der Waals surface area contributed by atoms with Gasteiger partial charge >= 0.3 is 11.9 Å². The van der Waals surface area contributed by atoms with Crippen LogP contribution >= 0.6 is 0 Å². The molecule has 3 aromatic rings. The number of aromatic amines is 1. The van der Waals surface area contributed by atoms with E-state index in [0.29, 0.717) is 31.1 Å². The summed E-state index contributed by atoms with van der Waals surface area (Å²) in [6.45, 7) is 2.94. The van der Waals surface area contributed by atoms with Crippen LogP contribution in [0.25, 0.3) is 11.0 Å². The average Bonchev–Trinajstić information content (AvgIpc) is 3.24. The third-order valence-electron chi connectivity index (χ3n) is 5.84. The number of carboxylic acid groups (broad SMARTS) is 2. The molecule has 0 aliphatic heterocycles. The SMILES string of the molecule is CCOCC(CCc1c[nH]c2nc(N)nc(N)c12)c1ccc(C(=O)N[C@@H](CCC(=O)O)C(=O)O)cc1. The normalized spacial score (nSPS) is 12.8. The van der Waals surface area contributed by atoms with Crippen LogP contribution in [0.3, 0.4) is 0 Å². The molecule has 0 saturated carbocycles. The van der Waals surface area contributed by atoms with Crippen molar-refractivity contribution >= 4 is 40.6 Å². The van der Waals surface area contributed by atoms with E-state index in [1.807, 2.05) is 13.1 Å². The molecule has 0 bridgehead atoms. The lowest BCUT2D eigenvalue weighted by atomic mass is 9.92. The highest BCUT2D eigenvalue weighted by Crippen LogP contribution is 2.28. The van der Waals surface area contributed by atoms with Crippen molar-refractivity contribution in [3.05, 3.63) is 47.2 Å². The Morgan fingerprint density at radius 3 is 2.47 bits per heavy atom. The van der Waals surface area contributed by atoms with Gasteiger partial charge in [0.15, 0.2) is 0 Å². The lowest BCUT2D eigenvalue weighted by Gasteiger charge is -2.18. The van der Waals surface area contributed by atoms with Crippen molar-refractivity contribution in [1.82, 2.24) is 20.3 Å². The number of carboxylic acids is 2. The number of amides is 1. The van der Waals surface area contributed by atoms with E-state index in [1.54, 1.807) is 24.3 Å². The molecule has 2 heterocycles. The number of fused-ring (bicyclic) bond motifs is 1. The predicted octanol–water partition coefficient (Wildman–Crippen LogP) is 1.92. The molecule has 0 radical (unpaired) electrons. The van der Waals surface area contributed by atoms with E-state index in [1.165, 1.54) is 0 Å². The fraction of sp³-hybridized carbons (Fsp3) is 0.375. The summed E-state index contributed by atoms with van der Waals surface area (Å²) in [6.07, 6.45) is 2.65. The number of H-pyrrole nitrogens is 1. The van der Waals surface area contributed by atoms with Gasteiger partial charge in [-0.3, -0.25) is 9.59 Å². The van der Waals surface area contributed by atoms with E-state index in [2.05, 4.69) is 20.3 Å². The van der Waals surface area contributed by atoms with Crippen molar-refractivity contribution in [1.29, 1.82) is 0 Å². The molecule has 1 unspecified atom stereocenters. The highest BCUT2D eigenvalue weighted by Gasteiger charge is 2.22. The number of carbonyl (C=O) groups is 3. The highest BCUT2D eigenvalue weighted by atomic mass is 16.5. The summed E-state index contributed by atoms with van der Waals surface area (Å²) >= 11 is 0. The Labute approximate surface area is 207 Å². The van der Waals surface area contributed by atoms with E-state index < -0.39 is 23.9 Å². The van der Waals surface area contributed by atoms with Gasteiger partial charge in [0.25, 0.3) is 5.91 Å². The Balaban J connectivity index is 1.71. The van der Waals surface area contributed by atoms with E-state index in [9.17, 15) is 19.5 Å². The van der Waals surface area contributed by atoms with Gasteiger partial charge < -0.3 is 36.7 Å². The second-order valence-corrected chi connectivity index (χ2v) is 8.32. The van der Waals surface area contributed by atoms with Crippen molar-refractivity contribution in [2.75, 3.05) is 24.7 Å². The molecule has 0 fully saturated rings. The lowest BCUT2D eigenvalue weighted by Crippen LogP contribution is -2.41. The molecule has 192 valence electrons. The Kier molecular flexibility index (Phi) is 8.79. The molecule has 1 amide bonds. The molecule has 12 heteroatoms. The van der Waals surface area contributed by atoms with Gasteiger partial charge in [-0.2, -0.15) is 9.97 Å². The summed E-state index contributed by atoms with van der Waals surface area (Å²) in [5.74, 6) is -2.58. The summed E-state index contributed by atoms with van der Waals surface area (Å²) in [4.78, 5) is 45.9. The van der Waals surface area contributed by atoms with Gasteiger partial charge in [0.2, 0.25) is 5.95 Å². The van der Waals surface area contributed by atoms with E-state index in [0.717, 1.165) is 22.9 Å². The van der Waals surface area contributed by atoms with Crippen LogP contribution in [-0.2, 0) is 20.7 Å². The monoisotopic (exact) mass is 498 g/mol. The molecule has 0 aliphatic rings. The Hall–Kier alpha value is -4.19. The van der Waals surface area contributed by atoms with Gasteiger partial charge in [-0.1, -0.05) is 12.1 Å². The Morgan fingerprint density at radius 2 is 1.83 bits per heavy atom. The van der Waals surface area contributed by atoms with Crippen LogP contribution in [0.15, 0.2) is 30.5 Å². The third kappa shape index (κ3) is 6.69. The van der Waals surface area contributed by atoms with Crippen molar-refractivity contribution < 1.29 is 29.3 Å². The maximum atomic E-state index is 12.5. The molecule has 2 aromatic heterocycles. The quantitative estimate of drug-likeness (QED) is 0.202. The number of nitrogens with two attached hydrogens (primary N) is 2. The number of rotatable bonds is 13. The van der Waals surface area contributed by atoms with Gasteiger partial charge in [0.05, 0.1) is 12.0 Å². The maximum Gasteiger partial charge on any atom is 0.326 e. The van der Waals surface area contributed by atoms with Gasteiger partial charge in [-0.05, 0) is 49.4 Å². The van der Waals surface area contributed by atoms with Crippen LogP contribution in [-0.4, -0.2) is 62.3 Å². The van der Waals surface area contributed by atoms with Crippen molar-refractivity contribution in [2.45, 2.75) is 44.6 Å². The molecular formula is C24H30N6O6. The molecule has 0 spiro atoms. The highest BCUT2D eigenvalue weighted by molar-refractivity contribution is 5.96. The third-order valence-corrected chi connectivity index (χ3v) is 5.84. The molecular weight excluding hydrogens is 468 g/mol. The summed E-state index contributed by atoms with van der Waals surface area (Å²) in [7, 11) is 0. The van der Waals surface area contributed by atoms with E-state index in [-0.39, 0.29) is 30.3 Å². The van der Waals surface area contributed by atoms with Crippen LogP contribution in [0, 0.1) is 0 Å². The number of hydrogen-bond acceptors (Lipinski definition) is 8. The second-order valence-electron chi connectivity index (χ2n) is 8.32. The number of carbonyl (C=O) groups excluding carboxylic acids is 1.